The van der Waals surface area contributed by atoms with Gasteiger partial charge in [0.2, 0.25) is 0 Å². The van der Waals surface area contributed by atoms with Crippen molar-refractivity contribution in [2.24, 2.45) is 0 Å². The molecule has 0 spiro atoms. The van der Waals surface area contributed by atoms with E-state index in [4.69, 9.17) is 0 Å². The first-order valence-electron chi connectivity index (χ1n) is 5.74. The van der Waals surface area contributed by atoms with Crippen LogP contribution in [0.1, 0.15) is 39.3 Å². The summed E-state index contributed by atoms with van der Waals surface area (Å²) in [4.78, 5) is 1.17. The number of hydrogen-bond acceptors (Lipinski definition) is 2. The summed E-state index contributed by atoms with van der Waals surface area (Å²) in [6.07, 6.45) is 0. The van der Waals surface area contributed by atoms with Gasteiger partial charge >= 0.3 is 0 Å². The minimum Gasteiger partial charge on any atom is -0.310 e. The van der Waals surface area contributed by atoms with Crippen LogP contribution in [0.25, 0.3) is 0 Å². The van der Waals surface area contributed by atoms with Crippen molar-refractivity contribution in [1.82, 2.24) is 5.32 Å². The molecule has 0 amide bonds. The standard InChI is InChI=1S/C13H20FNS/c1-5-15-10(4)12-8-11(14)6-7-13(12)16-9(2)3/h6-10,15H,5H2,1-4H3. The summed E-state index contributed by atoms with van der Waals surface area (Å²) in [5, 5.41) is 3.83. The molecule has 1 N–H and O–H groups in total. The first-order chi connectivity index (χ1) is 7.54. The van der Waals surface area contributed by atoms with E-state index < -0.39 is 0 Å². The van der Waals surface area contributed by atoms with Crippen LogP contribution < -0.4 is 5.32 Å². The number of benzene rings is 1. The third-order valence-corrected chi connectivity index (χ3v) is 3.41. The van der Waals surface area contributed by atoms with Gasteiger partial charge in [-0.15, -0.1) is 11.8 Å². The normalized spacial score (nSPS) is 13.1. The van der Waals surface area contributed by atoms with Crippen LogP contribution in [0.2, 0.25) is 0 Å². The summed E-state index contributed by atoms with van der Waals surface area (Å²) in [6.45, 7) is 9.32. The quantitative estimate of drug-likeness (QED) is 0.782. The molecular formula is C13H20FNS. The van der Waals surface area contributed by atoms with E-state index in [1.165, 1.54) is 11.0 Å². The number of rotatable bonds is 5. The molecule has 0 aromatic heterocycles. The lowest BCUT2D eigenvalue weighted by Crippen LogP contribution is -2.18. The van der Waals surface area contributed by atoms with Gasteiger partial charge < -0.3 is 5.32 Å². The predicted octanol–water partition coefficient (Wildman–Crippen LogP) is 4.00. The monoisotopic (exact) mass is 241 g/mol. The van der Waals surface area contributed by atoms with Crippen molar-refractivity contribution in [1.29, 1.82) is 0 Å². The number of nitrogens with one attached hydrogen (secondary N) is 1. The van der Waals surface area contributed by atoms with E-state index in [1.807, 2.05) is 6.07 Å². The number of hydrogen-bond donors (Lipinski definition) is 1. The molecule has 16 heavy (non-hydrogen) atoms. The highest BCUT2D eigenvalue weighted by atomic mass is 32.2. The molecule has 0 saturated carbocycles. The molecule has 1 nitrogen and oxygen atoms in total. The zero-order valence-corrected chi connectivity index (χ0v) is 11.2. The molecule has 3 heteroatoms. The van der Waals surface area contributed by atoms with Gasteiger partial charge in [0.05, 0.1) is 0 Å². The van der Waals surface area contributed by atoms with E-state index in [9.17, 15) is 4.39 Å². The Morgan fingerprint density at radius 2 is 2.00 bits per heavy atom. The Bertz CT molecular complexity index is 339. The van der Waals surface area contributed by atoms with Crippen molar-refractivity contribution < 1.29 is 4.39 Å². The van der Waals surface area contributed by atoms with Crippen molar-refractivity contribution in [3.63, 3.8) is 0 Å². The first kappa shape index (κ1) is 13.5. The SMILES string of the molecule is CCNC(C)c1cc(F)ccc1SC(C)C. The molecule has 0 heterocycles. The van der Waals surface area contributed by atoms with Crippen LogP contribution in [0.3, 0.4) is 0 Å². The van der Waals surface area contributed by atoms with Crippen molar-refractivity contribution in [3.05, 3.63) is 29.6 Å². The fourth-order valence-electron chi connectivity index (χ4n) is 1.64. The maximum atomic E-state index is 13.2. The van der Waals surface area contributed by atoms with Crippen molar-refractivity contribution in [3.8, 4) is 0 Å². The second-order valence-electron chi connectivity index (χ2n) is 4.13. The third-order valence-electron chi connectivity index (χ3n) is 2.31. The minimum atomic E-state index is -0.159. The van der Waals surface area contributed by atoms with Crippen molar-refractivity contribution in [2.75, 3.05) is 6.54 Å². The summed E-state index contributed by atoms with van der Waals surface area (Å²) in [6, 6.07) is 5.25. The predicted molar refractivity (Wildman–Crippen MR) is 69.5 cm³/mol. The lowest BCUT2D eigenvalue weighted by Gasteiger charge is -2.18. The maximum Gasteiger partial charge on any atom is 0.123 e. The summed E-state index contributed by atoms with van der Waals surface area (Å²) in [7, 11) is 0. The fraction of sp³-hybridized carbons (Fsp3) is 0.538. The molecule has 1 aromatic rings. The Morgan fingerprint density at radius 3 is 2.56 bits per heavy atom. The van der Waals surface area contributed by atoms with Gasteiger partial charge in [-0.1, -0.05) is 20.8 Å². The fourth-order valence-corrected chi connectivity index (χ4v) is 2.66. The highest BCUT2D eigenvalue weighted by molar-refractivity contribution is 8.00. The highest BCUT2D eigenvalue weighted by Gasteiger charge is 2.12. The highest BCUT2D eigenvalue weighted by Crippen LogP contribution is 2.30. The average Bonchev–Trinajstić information content (AvgIpc) is 2.20. The minimum absolute atomic E-state index is 0.159. The van der Waals surface area contributed by atoms with Crippen LogP contribution in [0, 0.1) is 5.82 Å². The average molecular weight is 241 g/mol. The smallest absolute Gasteiger partial charge is 0.123 e. The molecule has 1 aromatic carbocycles. The van der Waals surface area contributed by atoms with Crippen molar-refractivity contribution in [2.45, 2.75) is 43.9 Å². The van der Waals surface area contributed by atoms with Gasteiger partial charge in [-0.25, -0.2) is 4.39 Å². The molecule has 0 bridgehead atoms. The van der Waals surface area contributed by atoms with Gasteiger partial charge in [-0.3, -0.25) is 0 Å². The van der Waals surface area contributed by atoms with E-state index in [0.29, 0.717) is 5.25 Å². The number of thioether (sulfide) groups is 1. The van der Waals surface area contributed by atoms with E-state index in [-0.39, 0.29) is 11.9 Å². The third kappa shape index (κ3) is 3.80. The lowest BCUT2D eigenvalue weighted by atomic mass is 10.1. The van der Waals surface area contributed by atoms with Crippen LogP contribution in [-0.4, -0.2) is 11.8 Å². The van der Waals surface area contributed by atoms with Gasteiger partial charge in [-0.2, -0.15) is 0 Å². The second kappa shape index (κ2) is 6.26. The molecule has 0 aliphatic heterocycles. The van der Waals surface area contributed by atoms with E-state index in [2.05, 4.69) is 33.0 Å². The Balaban J connectivity index is 2.97. The summed E-state index contributed by atoms with van der Waals surface area (Å²) in [5.41, 5.74) is 1.06. The summed E-state index contributed by atoms with van der Waals surface area (Å²) < 4.78 is 13.2. The first-order valence-corrected chi connectivity index (χ1v) is 6.62. The molecule has 0 aliphatic rings. The Hall–Kier alpha value is -0.540. The molecule has 0 saturated heterocycles. The van der Waals surface area contributed by atoms with E-state index >= 15 is 0 Å². The maximum absolute atomic E-state index is 13.2. The topological polar surface area (TPSA) is 12.0 Å². The Morgan fingerprint density at radius 1 is 1.31 bits per heavy atom. The Kier molecular flexibility index (Phi) is 5.29. The summed E-state index contributed by atoms with van der Waals surface area (Å²) >= 11 is 1.78. The van der Waals surface area contributed by atoms with Crippen molar-refractivity contribution >= 4 is 11.8 Å². The molecule has 1 atom stereocenters. The van der Waals surface area contributed by atoms with Crippen LogP contribution >= 0.6 is 11.8 Å². The molecule has 0 radical (unpaired) electrons. The summed E-state index contributed by atoms with van der Waals surface area (Å²) in [5.74, 6) is -0.159. The van der Waals surface area contributed by atoms with Gasteiger partial charge in [0.25, 0.3) is 0 Å². The van der Waals surface area contributed by atoms with E-state index in [1.54, 1.807) is 17.8 Å². The molecule has 1 unspecified atom stereocenters. The zero-order valence-electron chi connectivity index (χ0n) is 10.4. The zero-order chi connectivity index (χ0) is 12.1. The van der Waals surface area contributed by atoms with Gasteiger partial charge in [0, 0.05) is 16.2 Å². The van der Waals surface area contributed by atoms with Gasteiger partial charge in [-0.05, 0) is 37.2 Å². The van der Waals surface area contributed by atoms with Crippen LogP contribution in [-0.2, 0) is 0 Å². The van der Waals surface area contributed by atoms with Crippen LogP contribution in [0.15, 0.2) is 23.1 Å². The molecular weight excluding hydrogens is 221 g/mol. The Labute approximate surface area is 102 Å². The molecule has 0 aliphatic carbocycles. The van der Waals surface area contributed by atoms with E-state index in [0.717, 1.165) is 12.1 Å². The molecule has 0 fully saturated rings. The largest absolute Gasteiger partial charge is 0.310 e. The molecule has 90 valence electrons. The second-order valence-corrected chi connectivity index (χ2v) is 5.75. The number of halogens is 1. The lowest BCUT2D eigenvalue weighted by molar-refractivity contribution is 0.574. The van der Waals surface area contributed by atoms with Gasteiger partial charge in [0.15, 0.2) is 0 Å². The van der Waals surface area contributed by atoms with Crippen LogP contribution in [0.5, 0.6) is 0 Å². The molecule has 1 rings (SSSR count). The van der Waals surface area contributed by atoms with Crippen LogP contribution in [0.4, 0.5) is 4.39 Å². The van der Waals surface area contributed by atoms with Gasteiger partial charge in [0.1, 0.15) is 5.82 Å².